The summed E-state index contributed by atoms with van der Waals surface area (Å²) >= 11 is 0. The number of carbonyl (C=O) groups is 2. The normalized spacial score (nSPS) is 19.5. The van der Waals surface area contributed by atoms with E-state index in [0.717, 1.165) is 68.2 Å². The third-order valence-corrected chi connectivity index (χ3v) is 8.04. The number of carbonyl (C=O) groups excluding carboxylic acids is 2. The molecule has 1 saturated heterocycles. The molecule has 0 aliphatic carbocycles. The molecule has 0 radical (unpaired) electrons. The summed E-state index contributed by atoms with van der Waals surface area (Å²) in [5.74, 6) is 0.152. The maximum Gasteiger partial charge on any atom is 0.257 e. The van der Waals surface area contributed by atoms with Crippen molar-refractivity contribution in [1.82, 2.24) is 19.7 Å². The quantitative estimate of drug-likeness (QED) is 0.504. The number of rotatable bonds is 7. The van der Waals surface area contributed by atoms with Gasteiger partial charge in [-0.3, -0.25) is 14.5 Å². The Morgan fingerprint density at radius 1 is 1.03 bits per heavy atom. The molecule has 2 aromatic carbocycles. The summed E-state index contributed by atoms with van der Waals surface area (Å²) in [6, 6.07) is 16.3. The summed E-state index contributed by atoms with van der Waals surface area (Å²) in [5, 5.41) is 4.34. The van der Waals surface area contributed by atoms with Gasteiger partial charge in [0.25, 0.3) is 5.91 Å². The van der Waals surface area contributed by atoms with Gasteiger partial charge in [0.05, 0.1) is 30.2 Å². The van der Waals surface area contributed by atoms with Crippen molar-refractivity contribution in [2.45, 2.75) is 32.0 Å². The molecule has 0 spiro atoms. The molecule has 3 aliphatic rings. The van der Waals surface area contributed by atoms with Gasteiger partial charge >= 0.3 is 0 Å². The first-order valence-corrected chi connectivity index (χ1v) is 13.4. The minimum Gasteiger partial charge on any atom is -0.379 e. The van der Waals surface area contributed by atoms with Crippen molar-refractivity contribution >= 4 is 28.4 Å². The number of para-hydroxylation sites is 2. The molecule has 8 heteroatoms. The van der Waals surface area contributed by atoms with Crippen molar-refractivity contribution in [3.05, 3.63) is 65.4 Å². The van der Waals surface area contributed by atoms with Gasteiger partial charge in [-0.25, -0.2) is 0 Å². The van der Waals surface area contributed by atoms with Gasteiger partial charge in [0.1, 0.15) is 6.17 Å². The lowest BCUT2D eigenvalue weighted by atomic mass is 9.96. The molecule has 1 unspecified atom stereocenters. The number of hydrogen-bond acceptors (Lipinski definition) is 5. The van der Waals surface area contributed by atoms with E-state index in [2.05, 4.69) is 51.0 Å². The lowest BCUT2D eigenvalue weighted by Crippen LogP contribution is -2.51. The lowest BCUT2D eigenvalue weighted by molar-refractivity contribution is -0.121. The monoisotopic (exact) mass is 501 g/mol. The fourth-order valence-electron chi connectivity index (χ4n) is 6.21. The fraction of sp³-hybridized carbons (Fsp3) is 0.448. The number of aryl methyl sites for hydroxylation is 1. The molecule has 8 nitrogen and oxygen atoms in total. The standard InChI is InChI=1S/C29H35N5O3/c1-31-24-9-4-3-8-23(24)29(36)34-15-11-22-21-7-2-5-10-25(21)33(27(22)28(31)34)16-12-26(35)30-13-6-14-32-17-19-37-20-18-32/h2-5,7-10,28H,6,11-20H2,1H3,(H,30,35). The third kappa shape index (κ3) is 4.38. The summed E-state index contributed by atoms with van der Waals surface area (Å²) in [6.45, 7) is 6.48. The maximum absolute atomic E-state index is 13.5. The van der Waals surface area contributed by atoms with Crippen molar-refractivity contribution in [3.8, 4) is 0 Å². The van der Waals surface area contributed by atoms with Gasteiger partial charge in [0, 0.05) is 57.1 Å². The molecule has 0 saturated carbocycles. The van der Waals surface area contributed by atoms with Crippen LogP contribution in [-0.4, -0.2) is 79.2 Å². The van der Waals surface area contributed by atoms with Crippen LogP contribution in [0.4, 0.5) is 5.69 Å². The Morgan fingerprint density at radius 2 is 1.81 bits per heavy atom. The molecule has 3 aliphatic heterocycles. The number of benzene rings is 2. The first-order chi connectivity index (χ1) is 18.1. The summed E-state index contributed by atoms with van der Waals surface area (Å²) < 4.78 is 7.69. The van der Waals surface area contributed by atoms with E-state index >= 15 is 0 Å². The average Bonchev–Trinajstić information content (AvgIpc) is 3.27. The summed E-state index contributed by atoms with van der Waals surface area (Å²) in [6.07, 6.45) is 1.98. The molecule has 1 aromatic heterocycles. The van der Waals surface area contributed by atoms with Crippen molar-refractivity contribution in [1.29, 1.82) is 0 Å². The highest BCUT2D eigenvalue weighted by molar-refractivity contribution is 6.02. The van der Waals surface area contributed by atoms with Crippen molar-refractivity contribution < 1.29 is 14.3 Å². The van der Waals surface area contributed by atoms with Gasteiger partial charge in [-0.05, 0) is 43.1 Å². The largest absolute Gasteiger partial charge is 0.379 e. The maximum atomic E-state index is 13.5. The van der Waals surface area contributed by atoms with Crippen LogP contribution < -0.4 is 10.2 Å². The third-order valence-electron chi connectivity index (χ3n) is 8.04. The van der Waals surface area contributed by atoms with Crippen LogP contribution in [0, 0.1) is 0 Å². The van der Waals surface area contributed by atoms with E-state index in [4.69, 9.17) is 4.74 Å². The summed E-state index contributed by atoms with van der Waals surface area (Å²) in [4.78, 5) is 32.9. The Kier molecular flexibility index (Phi) is 6.61. The fourth-order valence-corrected chi connectivity index (χ4v) is 6.21. The van der Waals surface area contributed by atoms with Crippen LogP contribution in [0.15, 0.2) is 48.5 Å². The molecule has 194 valence electrons. The average molecular weight is 502 g/mol. The number of anilines is 1. The second-order valence-electron chi connectivity index (χ2n) is 10.2. The molecule has 6 rings (SSSR count). The highest BCUT2D eigenvalue weighted by Gasteiger charge is 2.42. The number of aromatic nitrogens is 1. The van der Waals surface area contributed by atoms with Gasteiger partial charge in [-0.15, -0.1) is 0 Å². The molecule has 3 aromatic rings. The van der Waals surface area contributed by atoms with E-state index in [1.165, 1.54) is 10.9 Å². The van der Waals surface area contributed by atoms with Crippen LogP contribution in [0.3, 0.4) is 0 Å². The molecule has 1 atom stereocenters. The number of hydrogen-bond donors (Lipinski definition) is 1. The summed E-state index contributed by atoms with van der Waals surface area (Å²) in [7, 11) is 2.07. The number of fused-ring (bicyclic) bond motifs is 6. The van der Waals surface area contributed by atoms with Crippen molar-refractivity contribution in [2.75, 3.05) is 57.9 Å². The molecule has 1 N–H and O–H groups in total. The van der Waals surface area contributed by atoms with Gasteiger partial charge in [-0.2, -0.15) is 0 Å². The Labute approximate surface area is 217 Å². The Bertz CT molecular complexity index is 1310. The van der Waals surface area contributed by atoms with Gasteiger partial charge in [0.15, 0.2) is 0 Å². The van der Waals surface area contributed by atoms with E-state index in [-0.39, 0.29) is 18.0 Å². The van der Waals surface area contributed by atoms with Crippen LogP contribution in [0.25, 0.3) is 10.9 Å². The smallest absolute Gasteiger partial charge is 0.257 e. The lowest BCUT2D eigenvalue weighted by Gasteiger charge is -2.46. The van der Waals surface area contributed by atoms with Crippen LogP contribution in [-0.2, 0) is 22.5 Å². The second kappa shape index (κ2) is 10.2. The second-order valence-corrected chi connectivity index (χ2v) is 10.2. The van der Waals surface area contributed by atoms with Crippen molar-refractivity contribution in [2.24, 2.45) is 0 Å². The predicted molar refractivity (Wildman–Crippen MR) is 144 cm³/mol. The Morgan fingerprint density at radius 3 is 2.68 bits per heavy atom. The first-order valence-electron chi connectivity index (χ1n) is 13.4. The first kappa shape index (κ1) is 24.0. The minimum atomic E-state index is -0.185. The van der Waals surface area contributed by atoms with Crippen LogP contribution in [0.5, 0.6) is 0 Å². The summed E-state index contributed by atoms with van der Waals surface area (Å²) in [5.41, 5.74) is 5.27. The Balaban J connectivity index is 1.22. The van der Waals surface area contributed by atoms with Gasteiger partial charge in [-0.1, -0.05) is 30.3 Å². The van der Waals surface area contributed by atoms with E-state index < -0.39 is 0 Å². The van der Waals surface area contributed by atoms with Crippen molar-refractivity contribution in [3.63, 3.8) is 0 Å². The number of nitrogens with one attached hydrogen (secondary N) is 1. The highest BCUT2D eigenvalue weighted by Crippen LogP contribution is 2.44. The van der Waals surface area contributed by atoms with Crippen LogP contribution in [0.1, 0.15) is 40.6 Å². The highest BCUT2D eigenvalue weighted by atomic mass is 16.5. The van der Waals surface area contributed by atoms with E-state index in [1.807, 2.05) is 29.2 Å². The molecule has 2 amide bonds. The predicted octanol–water partition coefficient (Wildman–Crippen LogP) is 3.02. The van der Waals surface area contributed by atoms with Gasteiger partial charge in [0.2, 0.25) is 5.91 Å². The molecule has 0 bridgehead atoms. The number of morpholine rings is 1. The van der Waals surface area contributed by atoms with E-state index in [1.54, 1.807) is 0 Å². The zero-order valence-corrected chi connectivity index (χ0v) is 21.5. The van der Waals surface area contributed by atoms with E-state index in [9.17, 15) is 9.59 Å². The molecular formula is C29H35N5O3. The molecule has 4 heterocycles. The minimum absolute atomic E-state index is 0.0691. The van der Waals surface area contributed by atoms with Crippen LogP contribution in [0.2, 0.25) is 0 Å². The van der Waals surface area contributed by atoms with E-state index in [0.29, 0.717) is 26.1 Å². The zero-order valence-electron chi connectivity index (χ0n) is 21.5. The number of amides is 2. The zero-order chi connectivity index (χ0) is 25.4. The Hall–Kier alpha value is -3.36. The van der Waals surface area contributed by atoms with Gasteiger partial charge < -0.3 is 24.4 Å². The number of nitrogens with zero attached hydrogens (tertiary/aromatic N) is 4. The van der Waals surface area contributed by atoms with Crippen LogP contribution >= 0.6 is 0 Å². The molecule has 1 fully saturated rings. The SMILES string of the molecule is CN1c2ccccc2C(=O)N2CCc3c(n(CCC(=O)NCCCN4CCOCC4)c4ccccc34)C21. The molecular weight excluding hydrogens is 466 g/mol. The topological polar surface area (TPSA) is 70.1 Å². The molecule has 37 heavy (non-hydrogen) atoms. The number of ether oxygens (including phenoxy) is 1.